The number of allylic oxidation sites excluding steroid dienone is 1. The summed E-state index contributed by atoms with van der Waals surface area (Å²) in [5, 5.41) is 0.589. The summed E-state index contributed by atoms with van der Waals surface area (Å²) < 4.78 is 0. The van der Waals surface area contributed by atoms with Gasteiger partial charge in [-0.15, -0.1) is 0 Å². The van der Waals surface area contributed by atoms with E-state index in [0.29, 0.717) is 16.2 Å². The summed E-state index contributed by atoms with van der Waals surface area (Å²) in [5.74, 6) is 0. The molecule has 0 spiro atoms. The Morgan fingerprint density at radius 2 is 2.25 bits per heavy atom. The van der Waals surface area contributed by atoms with Crippen LogP contribution in [0.15, 0.2) is 24.3 Å². The molecule has 0 atom stereocenters. The molecule has 0 aliphatic rings. The van der Waals surface area contributed by atoms with Crippen molar-refractivity contribution in [2.24, 2.45) is 5.73 Å². The highest BCUT2D eigenvalue weighted by Gasteiger charge is 2.00. The van der Waals surface area contributed by atoms with Crippen molar-refractivity contribution in [3.8, 4) is 0 Å². The molecular formula is C9H9BClN. The summed E-state index contributed by atoms with van der Waals surface area (Å²) in [7, 11) is 5.52. The van der Waals surface area contributed by atoms with Crippen LogP contribution < -0.4 is 11.2 Å². The Kier molecular flexibility index (Phi) is 2.82. The van der Waals surface area contributed by atoms with Crippen molar-refractivity contribution in [1.29, 1.82) is 0 Å². The van der Waals surface area contributed by atoms with Crippen LogP contribution in [-0.2, 0) is 0 Å². The van der Waals surface area contributed by atoms with Crippen molar-refractivity contribution in [1.82, 2.24) is 0 Å². The summed E-state index contributed by atoms with van der Waals surface area (Å²) in [6, 6.07) is 5.28. The van der Waals surface area contributed by atoms with Gasteiger partial charge in [0.05, 0.1) is 0 Å². The first-order chi connectivity index (χ1) is 5.65. The maximum atomic E-state index is 5.90. The normalized spacial score (nSPS) is 11.7. The zero-order chi connectivity index (χ0) is 9.14. The first-order valence-electron chi connectivity index (χ1n) is 3.62. The Morgan fingerprint density at radius 3 is 2.75 bits per heavy atom. The first kappa shape index (κ1) is 9.20. The van der Waals surface area contributed by atoms with E-state index in [4.69, 9.17) is 25.2 Å². The molecule has 1 rings (SSSR count). The molecule has 0 fully saturated rings. The zero-order valence-corrected chi connectivity index (χ0v) is 7.60. The lowest BCUT2D eigenvalue weighted by molar-refractivity contribution is 1.50. The Morgan fingerprint density at radius 1 is 1.58 bits per heavy atom. The van der Waals surface area contributed by atoms with E-state index in [-0.39, 0.29) is 0 Å². The van der Waals surface area contributed by atoms with E-state index in [0.717, 1.165) is 5.56 Å². The van der Waals surface area contributed by atoms with E-state index in [1.54, 1.807) is 18.2 Å². The van der Waals surface area contributed by atoms with Crippen LogP contribution in [0.25, 0.3) is 5.70 Å². The highest BCUT2D eigenvalue weighted by molar-refractivity contribution is 6.37. The molecule has 60 valence electrons. The van der Waals surface area contributed by atoms with Gasteiger partial charge in [-0.05, 0) is 13.0 Å². The molecule has 2 radical (unpaired) electrons. The summed E-state index contributed by atoms with van der Waals surface area (Å²) in [4.78, 5) is 0. The van der Waals surface area contributed by atoms with Crippen LogP contribution in [0.5, 0.6) is 0 Å². The van der Waals surface area contributed by atoms with Crippen molar-refractivity contribution in [3.63, 3.8) is 0 Å². The summed E-state index contributed by atoms with van der Waals surface area (Å²) in [6.45, 7) is 1.86. The number of nitrogens with two attached hydrogens (primary N) is 1. The van der Waals surface area contributed by atoms with Crippen molar-refractivity contribution < 1.29 is 0 Å². The van der Waals surface area contributed by atoms with Crippen LogP contribution in [0.3, 0.4) is 0 Å². The van der Waals surface area contributed by atoms with Crippen molar-refractivity contribution in [2.45, 2.75) is 6.92 Å². The maximum absolute atomic E-state index is 5.90. The van der Waals surface area contributed by atoms with E-state index in [1.165, 1.54) is 0 Å². The fourth-order valence-corrected chi connectivity index (χ4v) is 1.22. The van der Waals surface area contributed by atoms with Crippen molar-refractivity contribution in [3.05, 3.63) is 34.9 Å². The number of rotatable bonds is 1. The van der Waals surface area contributed by atoms with E-state index >= 15 is 0 Å². The molecule has 0 aromatic heterocycles. The van der Waals surface area contributed by atoms with Crippen molar-refractivity contribution in [2.75, 3.05) is 0 Å². The molecule has 0 aliphatic heterocycles. The third-order valence-corrected chi connectivity index (χ3v) is 1.93. The highest BCUT2D eigenvalue weighted by atomic mass is 35.5. The second-order valence-corrected chi connectivity index (χ2v) is 2.89. The van der Waals surface area contributed by atoms with Gasteiger partial charge in [0.15, 0.2) is 0 Å². The molecule has 0 saturated heterocycles. The third-order valence-electron chi connectivity index (χ3n) is 1.62. The molecule has 1 aromatic carbocycles. The SMILES string of the molecule is [B]c1ccc(/C(N)=C/C)c(Cl)c1. The molecule has 0 amide bonds. The van der Waals surface area contributed by atoms with Crippen LogP contribution in [0.4, 0.5) is 0 Å². The number of hydrogen-bond donors (Lipinski definition) is 1. The van der Waals surface area contributed by atoms with Gasteiger partial charge in [-0.25, -0.2) is 0 Å². The standard InChI is InChI=1S/C9H9BClN/c1-2-9(12)7-4-3-6(10)5-8(7)11/h2-5H,12H2,1H3/b9-2-. The molecule has 1 nitrogen and oxygen atoms in total. The van der Waals surface area contributed by atoms with Gasteiger partial charge in [-0.3, -0.25) is 0 Å². The minimum atomic E-state index is 0.589. The third kappa shape index (κ3) is 1.83. The summed E-state index contributed by atoms with van der Waals surface area (Å²) in [6.07, 6.45) is 1.80. The van der Waals surface area contributed by atoms with E-state index in [2.05, 4.69) is 0 Å². The fourth-order valence-electron chi connectivity index (χ4n) is 0.921. The van der Waals surface area contributed by atoms with Crippen LogP contribution in [0.2, 0.25) is 5.02 Å². The number of hydrogen-bond acceptors (Lipinski definition) is 1. The van der Waals surface area contributed by atoms with Crippen LogP contribution >= 0.6 is 11.6 Å². The van der Waals surface area contributed by atoms with Crippen LogP contribution in [0, 0.1) is 0 Å². The Hall–Kier alpha value is -0.885. The number of benzene rings is 1. The maximum Gasteiger partial charge on any atom is 0.113 e. The molecule has 0 bridgehead atoms. The molecule has 1 aromatic rings. The monoisotopic (exact) mass is 177 g/mol. The average molecular weight is 177 g/mol. The summed E-state index contributed by atoms with van der Waals surface area (Å²) >= 11 is 5.90. The van der Waals surface area contributed by atoms with Crippen LogP contribution in [0.1, 0.15) is 12.5 Å². The molecular weight excluding hydrogens is 168 g/mol. The van der Waals surface area contributed by atoms with E-state index < -0.39 is 0 Å². The smallest absolute Gasteiger partial charge is 0.113 e. The van der Waals surface area contributed by atoms with Gasteiger partial charge in [0.1, 0.15) is 7.85 Å². The Labute approximate surface area is 78.6 Å². The van der Waals surface area contributed by atoms with Crippen molar-refractivity contribution >= 4 is 30.6 Å². The topological polar surface area (TPSA) is 26.0 Å². The van der Waals surface area contributed by atoms with Gasteiger partial charge in [0.2, 0.25) is 0 Å². The highest BCUT2D eigenvalue weighted by Crippen LogP contribution is 2.18. The summed E-state index contributed by atoms with van der Waals surface area (Å²) in [5.41, 5.74) is 7.82. The van der Waals surface area contributed by atoms with Gasteiger partial charge >= 0.3 is 0 Å². The quantitative estimate of drug-likeness (QED) is 0.646. The van der Waals surface area contributed by atoms with Gasteiger partial charge < -0.3 is 5.73 Å². The second kappa shape index (κ2) is 3.68. The lowest BCUT2D eigenvalue weighted by atomic mass is 9.95. The van der Waals surface area contributed by atoms with Gasteiger partial charge in [-0.2, -0.15) is 0 Å². The predicted octanol–water partition coefficient (Wildman–Crippen LogP) is 1.45. The zero-order valence-electron chi connectivity index (χ0n) is 6.84. The molecule has 3 heteroatoms. The largest absolute Gasteiger partial charge is 0.398 e. The van der Waals surface area contributed by atoms with Gasteiger partial charge in [0.25, 0.3) is 0 Å². The second-order valence-electron chi connectivity index (χ2n) is 2.48. The van der Waals surface area contributed by atoms with Gasteiger partial charge in [-0.1, -0.05) is 35.3 Å². The molecule has 12 heavy (non-hydrogen) atoms. The fraction of sp³-hybridized carbons (Fsp3) is 0.111. The molecule has 2 N–H and O–H groups in total. The first-order valence-corrected chi connectivity index (χ1v) is 4.00. The average Bonchev–Trinajstić information content (AvgIpc) is 2.03. The van der Waals surface area contributed by atoms with Gasteiger partial charge in [0, 0.05) is 16.3 Å². The number of halogens is 1. The Balaban J connectivity index is 3.18. The molecule has 0 unspecified atom stereocenters. The lowest BCUT2D eigenvalue weighted by Crippen LogP contribution is -2.04. The minimum Gasteiger partial charge on any atom is -0.398 e. The van der Waals surface area contributed by atoms with E-state index in [1.807, 2.05) is 13.0 Å². The molecule has 0 saturated carbocycles. The van der Waals surface area contributed by atoms with E-state index in [9.17, 15) is 0 Å². The molecule has 0 aliphatic carbocycles. The molecule has 0 heterocycles. The minimum absolute atomic E-state index is 0.589. The predicted molar refractivity (Wildman–Crippen MR) is 54.7 cm³/mol. The van der Waals surface area contributed by atoms with Crippen LogP contribution in [-0.4, -0.2) is 7.85 Å². The Bertz CT molecular complexity index is 320. The lowest BCUT2D eigenvalue weighted by Gasteiger charge is -2.04.